The second kappa shape index (κ2) is 8.79. The Kier molecular flexibility index (Phi) is 5.57. The summed E-state index contributed by atoms with van der Waals surface area (Å²) in [6, 6.07) is 34.0. The van der Waals surface area contributed by atoms with E-state index in [4.69, 9.17) is 0 Å². The van der Waals surface area contributed by atoms with Crippen molar-refractivity contribution in [1.82, 2.24) is 0 Å². The molecule has 0 heterocycles. The zero-order valence-corrected chi connectivity index (χ0v) is 16.0. The quantitative estimate of drug-likeness (QED) is 0.193. The third-order valence-corrected chi connectivity index (χ3v) is 4.48. The normalized spacial score (nSPS) is 10.8. The van der Waals surface area contributed by atoms with Crippen LogP contribution in [0.15, 0.2) is 119 Å². The van der Waals surface area contributed by atoms with E-state index in [9.17, 15) is 10.1 Å². The molecule has 4 aromatic carbocycles. The molecule has 0 aromatic heterocycles. The van der Waals surface area contributed by atoms with Gasteiger partial charge in [0.15, 0.2) is 0 Å². The molecule has 0 spiro atoms. The molecule has 4 aromatic rings. The lowest BCUT2D eigenvalue weighted by Crippen LogP contribution is -2.09. The minimum Gasteiger partial charge on any atom is -0.311 e. The largest absolute Gasteiger partial charge is 0.311 e. The number of hydrogen-bond acceptors (Lipinski definition) is 5. The molecule has 0 aliphatic heterocycles. The van der Waals surface area contributed by atoms with Crippen molar-refractivity contribution in [3.8, 4) is 0 Å². The van der Waals surface area contributed by atoms with E-state index in [2.05, 4.69) is 39.4 Å². The van der Waals surface area contributed by atoms with Crippen LogP contribution in [0.2, 0.25) is 0 Å². The Morgan fingerprint density at radius 3 is 1.40 bits per heavy atom. The minimum atomic E-state index is -0.440. The minimum absolute atomic E-state index is 0.0280. The first kappa shape index (κ1) is 19.0. The molecular formula is C24H18N4O2. The first-order valence-electron chi connectivity index (χ1n) is 9.37. The average Bonchev–Trinajstić information content (AvgIpc) is 2.80. The Balaban J connectivity index is 1.58. The summed E-state index contributed by atoms with van der Waals surface area (Å²) < 4.78 is 0. The van der Waals surface area contributed by atoms with Crippen LogP contribution in [0.1, 0.15) is 0 Å². The summed E-state index contributed by atoms with van der Waals surface area (Å²) in [4.78, 5) is 12.5. The number of non-ortho nitro benzene ring substituents is 1. The second-order valence-electron chi connectivity index (χ2n) is 6.50. The van der Waals surface area contributed by atoms with Gasteiger partial charge in [0.05, 0.1) is 16.3 Å². The first-order chi connectivity index (χ1) is 14.7. The molecule has 0 N–H and O–H groups in total. The van der Waals surface area contributed by atoms with Crippen LogP contribution < -0.4 is 4.90 Å². The molecule has 6 heteroatoms. The Hall–Kier alpha value is -4.32. The van der Waals surface area contributed by atoms with E-state index < -0.39 is 4.92 Å². The average molecular weight is 394 g/mol. The van der Waals surface area contributed by atoms with Crippen molar-refractivity contribution in [2.45, 2.75) is 0 Å². The third-order valence-electron chi connectivity index (χ3n) is 4.48. The highest BCUT2D eigenvalue weighted by molar-refractivity contribution is 5.76. The summed E-state index contributed by atoms with van der Waals surface area (Å²) in [7, 11) is 0. The van der Waals surface area contributed by atoms with Crippen LogP contribution in [0, 0.1) is 10.1 Å². The molecule has 0 saturated heterocycles. The van der Waals surface area contributed by atoms with Gasteiger partial charge in [-0.3, -0.25) is 10.1 Å². The van der Waals surface area contributed by atoms with Crippen LogP contribution in [-0.2, 0) is 0 Å². The molecule has 0 aliphatic carbocycles. The highest BCUT2D eigenvalue weighted by atomic mass is 16.6. The molecule has 4 rings (SSSR count). The Bertz CT molecular complexity index is 1100. The Morgan fingerprint density at radius 1 is 0.567 bits per heavy atom. The summed E-state index contributed by atoms with van der Waals surface area (Å²) in [5, 5.41) is 19.1. The van der Waals surface area contributed by atoms with E-state index in [0.717, 1.165) is 17.1 Å². The fraction of sp³-hybridized carbons (Fsp3) is 0. The maximum atomic E-state index is 10.7. The van der Waals surface area contributed by atoms with Crippen molar-refractivity contribution in [2.75, 3.05) is 4.90 Å². The number of azo groups is 1. The maximum Gasteiger partial charge on any atom is 0.269 e. The fourth-order valence-corrected chi connectivity index (χ4v) is 3.03. The van der Waals surface area contributed by atoms with E-state index in [1.165, 1.54) is 12.1 Å². The highest BCUT2D eigenvalue weighted by Crippen LogP contribution is 2.35. The molecule has 0 unspecified atom stereocenters. The van der Waals surface area contributed by atoms with Gasteiger partial charge in [-0.15, -0.1) is 0 Å². The number of nitro groups is 1. The number of rotatable bonds is 6. The number of anilines is 3. The SMILES string of the molecule is O=[N+]([O-])c1ccc(N=Nc2ccc(N(c3ccccc3)c3ccccc3)cc2)cc1. The van der Waals surface area contributed by atoms with Crippen molar-refractivity contribution >= 4 is 34.1 Å². The van der Waals surface area contributed by atoms with Gasteiger partial charge in [0.2, 0.25) is 0 Å². The standard InChI is InChI=1S/C24H18N4O2/c29-28(30)24-17-13-20(14-18-24)26-25-19-11-15-23(16-12-19)27(21-7-3-1-4-8-21)22-9-5-2-6-10-22/h1-18H. The molecule has 0 fully saturated rings. The molecule has 0 aliphatic rings. The second-order valence-corrected chi connectivity index (χ2v) is 6.50. The summed E-state index contributed by atoms with van der Waals surface area (Å²) in [6.07, 6.45) is 0. The zero-order valence-electron chi connectivity index (χ0n) is 16.0. The van der Waals surface area contributed by atoms with Crippen LogP contribution >= 0.6 is 0 Å². The van der Waals surface area contributed by atoms with E-state index >= 15 is 0 Å². The predicted molar refractivity (Wildman–Crippen MR) is 118 cm³/mol. The van der Waals surface area contributed by atoms with Crippen LogP contribution in [0.25, 0.3) is 0 Å². The topological polar surface area (TPSA) is 71.1 Å². The van der Waals surface area contributed by atoms with Crippen molar-refractivity contribution in [2.24, 2.45) is 10.2 Å². The Morgan fingerprint density at radius 2 is 0.967 bits per heavy atom. The van der Waals surface area contributed by atoms with Gasteiger partial charge in [0, 0.05) is 29.2 Å². The van der Waals surface area contributed by atoms with Gasteiger partial charge >= 0.3 is 0 Å². The number of hydrogen-bond donors (Lipinski definition) is 0. The zero-order chi connectivity index (χ0) is 20.8. The van der Waals surface area contributed by atoms with Gasteiger partial charge in [-0.25, -0.2) is 0 Å². The third kappa shape index (κ3) is 4.39. The lowest BCUT2D eigenvalue weighted by Gasteiger charge is -2.25. The number of nitrogens with zero attached hydrogens (tertiary/aromatic N) is 4. The summed E-state index contributed by atoms with van der Waals surface area (Å²) >= 11 is 0. The molecule has 6 nitrogen and oxygen atoms in total. The van der Waals surface area contributed by atoms with Crippen LogP contribution in [0.5, 0.6) is 0 Å². The van der Waals surface area contributed by atoms with Crippen molar-refractivity contribution < 1.29 is 4.92 Å². The van der Waals surface area contributed by atoms with Gasteiger partial charge in [-0.1, -0.05) is 36.4 Å². The van der Waals surface area contributed by atoms with Gasteiger partial charge in [-0.05, 0) is 60.7 Å². The summed E-state index contributed by atoms with van der Waals surface area (Å²) in [5.74, 6) is 0. The number of benzene rings is 4. The van der Waals surface area contributed by atoms with Crippen molar-refractivity contribution in [3.05, 3.63) is 119 Å². The lowest BCUT2D eigenvalue weighted by atomic mass is 10.2. The van der Waals surface area contributed by atoms with E-state index in [0.29, 0.717) is 11.4 Å². The molecular weight excluding hydrogens is 376 g/mol. The van der Waals surface area contributed by atoms with Crippen LogP contribution in [0.4, 0.5) is 34.1 Å². The Labute approximate surface area is 173 Å². The molecule has 30 heavy (non-hydrogen) atoms. The predicted octanol–water partition coefficient (Wildman–Crippen LogP) is 7.48. The van der Waals surface area contributed by atoms with Gasteiger partial charge < -0.3 is 4.90 Å². The van der Waals surface area contributed by atoms with Gasteiger partial charge in [-0.2, -0.15) is 10.2 Å². The monoisotopic (exact) mass is 394 g/mol. The molecule has 0 bridgehead atoms. The van der Waals surface area contributed by atoms with E-state index in [1.807, 2.05) is 60.7 Å². The fourth-order valence-electron chi connectivity index (χ4n) is 3.03. The number of para-hydroxylation sites is 2. The molecule has 0 atom stereocenters. The van der Waals surface area contributed by atoms with Gasteiger partial charge in [0.25, 0.3) is 5.69 Å². The van der Waals surface area contributed by atoms with E-state index in [-0.39, 0.29) is 5.69 Å². The van der Waals surface area contributed by atoms with E-state index in [1.54, 1.807) is 12.1 Å². The molecule has 0 saturated carbocycles. The molecule has 146 valence electrons. The summed E-state index contributed by atoms with van der Waals surface area (Å²) in [5.41, 5.74) is 4.40. The highest BCUT2D eigenvalue weighted by Gasteiger charge is 2.11. The smallest absolute Gasteiger partial charge is 0.269 e. The molecule has 0 amide bonds. The first-order valence-corrected chi connectivity index (χ1v) is 9.37. The van der Waals surface area contributed by atoms with Crippen molar-refractivity contribution in [3.63, 3.8) is 0 Å². The van der Waals surface area contributed by atoms with Crippen LogP contribution in [0.3, 0.4) is 0 Å². The van der Waals surface area contributed by atoms with Crippen molar-refractivity contribution in [1.29, 1.82) is 0 Å². The maximum absolute atomic E-state index is 10.7. The van der Waals surface area contributed by atoms with Gasteiger partial charge in [0.1, 0.15) is 0 Å². The summed E-state index contributed by atoms with van der Waals surface area (Å²) in [6.45, 7) is 0. The lowest BCUT2D eigenvalue weighted by molar-refractivity contribution is -0.384. The number of nitro benzene ring substituents is 1. The molecule has 0 radical (unpaired) electrons. The van der Waals surface area contributed by atoms with Crippen LogP contribution in [-0.4, -0.2) is 4.92 Å².